The third kappa shape index (κ3) is 1.73. The molecule has 2 bridgehead atoms. The molecule has 2 aliphatic heterocycles. The van der Waals surface area contributed by atoms with Crippen LogP contribution in [0, 0.1) is 6.92 Å². The molecule has 3 heterocycles. The monoisotopic (exact) mass is 302 g/mol. The van der Waals surface area contributed by atoms with E-state index >= 15 is 0 Å². The molecule has 2 aromatic carbocycles. The molecule has 0 N–H and O–H groups in total. The summed E-state index contributed by atoms with van der Waals surface area (Å²) in [6.07, 6.45) is 4.86. The number of ether oxygens (including phenoxy) is 1. The molecule has 3 nitrogen and oxygen atoms in total. The molecular formula is C20H18N2O. The van der Waals surface area contributed by atoms with E-state index in [0.717, 1.165) is 22.9 Å². The van der Waals surface area contributed by atoms with Crippen LogP contribution >= 0.6 is 0 Å². The van der Waals surface area contributed by atoms with Crippen LogP contribution in [0.4, 0.5) is 5.69 Å². The van der Waals surface area contributed by atoms with Gasteiger partial charge >= 0.3 is 0 Å². The number of aromatic nitrogens is 1. The maximum atomic E-state index is 6.41. The van der Waals surface area contributed by atoms with Gasteiger partial charge in [-0.1, -0.05) is 29.8 Å². The topological polar surface area (TPSA) is 25.4 Å². The molecule has 3 aromatic rings. The fraction of sp³-hybridized carbons (Fsp3) is 0.250. The standard InChI is InChI=1S/C20H18N2O/c1-12-3-6-18-17(9-12)16-10-19(22(18)2)23-20-14-7-8-21-11-13(14)4-5-15(16)20/h3-9,11,16,19H,10H2,1-2H3/t16-,19-/m0/s1. The molecule has 0 amide bonds. The van der Waals surface area contributed by atoms with Crippen molar-refractivity contribution in [1.82, 2.24) is 4.98 Å². The number of fused-ring (bicyclic) bond motifs is 8. The van der Waals surface area contributed by atoms with Gasteiger partial charge in [-0.15, -0.1) is 0 Å². The lowest BCUT2D eigenvalue weighted by molar-refractivity contribution is 0.160. The second-order valence-electron chi connectivity index (χ2n) is 6.61. The summed E-state index contributed by atoms with van der Waals surface area (Å²) in [5.41, 5.74) is 5.33. The Kier molecular flexibility index (Phi) is 2.52. The maximum Gasteiger partial charge on any atom is 0.173 e. The lowest BCUT2D eigenvalue weighted by atomic mass is 9.80. The average molecular weight is 302 g/mol. The quantitative estimate of drug-likeness (QED) is 0.621. The van der Waals surface area contributed by atoms with Crippen molar-refractivity contribution in [3.8, 4) is 5.75 Å². The number of aryl methyl sites for hydroxylation is 1. The Labute approximate surface area is 135 Å². The fourth-order valence-corrected chi connectivity index (χ4v) is 4.04. The van der Waals surface area contributed by atoms with E-state index in [1.165, 1.54) is 22.4 Å². The van der Waals surface area contributed by atoms with E-state index < -0.39 is 0 Å². The largest absolute Gasteiger partial charge is 0.470 e. The third-order valence-corrected chi connectivity index (χ3v) is 5.24. The van der Waals surface area contributed by atoms with E-state index in [1.54, 1.807) is 0 Å². The smallest absolute Gasteiger partial charge is 0.173 e. The summed E-state index contributed by atoms with van der Waals surface area (Å²) in [4.78, 5) is 6.50. The highest BCUT2D eigenvalue weighted by molar-refractivity contribution is 5.90. The Morgan fingerprint density at radius 2 is 2.04 bits per heavy atom. The Morgan fingerprint density at radius 1 is 1.13 bits per heavy atom. The van der Waals surface area contributed by atoms with E-state index in [-0.39, 0.29) is 6.23 Å². The van der Waals surface area contributed by atoms with Crippen molar-refractivity contribution < 1.29 is 4.74 Å². The highest BCUT2D eigenvalue weighted by atomic mass is 16.5. The van der Waals surface area contributed by atoms with Gasteiger partial charge in [0.05, 0.1) is 0 Å². The van der Waals surface area contributed by atoms with Gasteiger partial charge in [0.15, 0.2) is 6.23 Å². The van der Waals surface area contributed by atoms with Gasteiger partial charge in [0.25, 0.3) is 0 Å². The summed E-state index contributed by atoms with van der Waals surface area (Å²) in [6.45, 7) is 2.17. The molecule has 0 unspecified atom stereocenters. The lowest BCUT2D eigenvalue weighted by Crippen LogP contribution is -2.44. The van der Waals surface area contributed by atoms with E-state index in [0.29, 0.717) is 5.92 Å². The van der Waals surface area contributed by atoms with E-state index in [4.69, 9.17) is 4.74 Å². The van der Waals surface area contributed by atoms with Crippen LogP contribution in [-0.2, 0) is 0 Å². The third-order valence-electron chi connectivity index (χ3n) is 5.24. The first-order valence-corrected chi connectivity index (χ1v) is 8.09. The van der Waals surface area contributed by atoms with Crippen LogP contribution in [0.3, 0.4) is 0 Å². The van der Waals surface area contributed by atoms with Gasteiger partial charge in [0.1, 0.15) is 5.75 Å². The molecule has 0 spiro atoms. The van der Waals surface area contributed by atoms with Crippen molar-refractivity contribution >= 4 is 16.5 Å². The van der Waals surface area contributed by atoms with Crippen molar-refractivity contribution in [3.05, 3.63) is 65.5 Å². The first kappa shape index (κ1) is 12.9. The molecule has 1 aromatic heterocycles. The number of hydrogen-bond acceptors (Lipinski definition) is 3. The van der Waals surface area contributed by atoms with Crippen molar-refractivity contribution in [2.75, 3.05) is 11.9 Å². The van der Waals surface area contributed by atoms with Gasteiger partial charge in [0, 0.05) is 53.8 Å². The van der Waals surface area contributed by atoms with Crippen LogP contribution in [0.1, 0.15) is 29.0 Å². The number of benzene rings is 2. The van der Waals surface area contributed by atoms with Gasteiger partial charge in [-0.05, 0) is 24.6 Å². The van der Waals surface area contributed by atoms with Gasteiger partial charge in [-0.3, -0.25) is 4.98 Å². The fourth-order valence-electron chi connectivity index (χ4n) is 4.04. The lowest BCUT2D eigenvalue weighted by Gasteiger charge is -2.44. The Hall–Kier alpha value is -2.55. The molecule has 0 saturated carbocycles. The Balaban J connectivity index is 1.80. The van der Waals surface area contributed by atoms with Crippen molar-refractivity contribution in [2.45, 2.75) is 25.5 Å². The van der Waals surface area contributed by atoms with Crippen LogP contribution in [0.25, 0.3) is 10.8 Å². The molecule has 3 heteroatoms. The number of nitrogens with zero attached hydrogens (tertiary/aromatic N) is 2. The highest BCUT2D eigenvalue weighted by Crippen LogP contribution is 2.50. The second-order valence-corrected chi connectivity index (χ2v) is 6.61. The van der Waals surface area contributed by atoms with Crippen LogP contribution in [-0.4, -0.2) is 18.3 Å². The number of hydrogen-bond donors (Lipinski definition) is 0. The van der Waals surface area contributed by atoms with Crippen LogP contribution in [0.5, 0.6) is 5.75 Å². The average Bonchev–Trinajstić information content (AvgIpc) is 2.59. The van der Waals surface area contributed by atoms with E-state index in [2.05, 4.69) is 60.3 Å². The van der Waals surface area contributed by atoms with Crippen molar-refractivity contribution in [3.63, 3.8) is 0 Å². The molecule has 0 aliphatic carbocycles. The Bertz CT molecular complexity index is 934. The van der Waals surface area contributed by atoms with Gasteiger partial charge < -0.3 is 9.64 Å². The summed E-state index contributed by atoms with van der Waals surface area (Å²) >= 11 is 0. The van der Waals surface area contributed by atoms with E-state index in [9.17, 15) is 0 Å². The van der Waals surface area contributed by atoms with Gasteiger partial charge in [0.2, 0.25) is 0 Å². The predicted octanol–water partition coefficient (Wildman–Crippen LogP) is 4.23. The van der Waals surface area contributed by atoms with E-state index in [1.807, 2.05) is 12.4 Å². The zero-order valence-electron chi connectivity index (χ0n) is 13.3. The first-order valence-electron chi connectivity index (χ1n) is 8.09. The predicted molar refractivity (Wildman–Crippen MR) is 92.2 cm³/mol. The first-order chi connectivity index (χ1) is 11.2. The van der Waals surface area contributed by atoms with Crippen molar-refractivity contribution in [2.24, 2.45) is 0 Å². The summed E-state index contributed by atoms with van der Waals surface area (Å²) in [5.74, 6) is 1.44. The van der Waals surface area contributed by atoms with Crippen molar-refractivity contribution in [1.29, 1.82) is 0 Å². The summed E-state index contributed by atoms with van der Waals surface area (Å²) in [7, 11) is 2.13. The van der Waals surface area contributed by atoms with Crippen LogP contribution < -0.4 is 9.64 Å². The Morgan fingerprint density at radius 3 is 2.96 bits per heavy atom. The number of rotatable bonds is 0. The minimum absolute atomic E-state index is 0.0986. The zero-order chi connectivity index (χ0) is 15.6. The van der Waals surface area contributed by atoms with Crippen LogP contribution in [0.2, 0.25) is 0 Å². The normalized spacial score (nSPS) is 21.6. The van der Waals surface area contributed by atoms with Gasteiger partial charge in [-0.25, -0.2) is 0 Å². The summed E-state index contributed by atoms with van der Waals surface area (Å²) in [5, 5.41) is 2.30. The minimum atomic E-state index is 0.0986. The molecule has 23 heavy (non-hydrogen) atoms. The molecule has 0 fully saturated rings. The second kappa shape index (κ2) is 4.48. The minimum Gasteiger partial charge on any atom is -0.470 e. The molecule has 2 atom stereocenters. The molecular weight excluding hydrogens is 284 g/mol. The SMILES string of the molecule is Cc1ccc2c(c1)[C@H]1C[C@H](Oc3c1ccc1cnccc31)N2C. The molecule has 0 radical (unpaired) electrons. The van der Waals surface area contributed by atoms with Gasteiger partial charge in [-0.2, -0.15) is 0 Å². The van der Waals surface area contributed by atoms with Crippen LogP contribution in [0.15, 0.2) is 48.8 Å². The molecule has 2 aliphatic rings. The maximum absolute atomic E-state index is 6.41. The molecule has 0 saturated heterocycles. The summed E-state index contributed by atoms with van der Waals surface area (Å²) in [6, 6.07) is 13.2. The zero-order valence-corrected chi connectivity index (χ0v) is 13.3. The highest BCUT2D eigenvalue weighted by Gasteiger charge is 2.38. The number of anilines is 1. The number of pyridine rings is 1. The summed E-state index contributed by atoms with van der Waals surface area (Å²) < 4.78 is 6.41. The molecule has 5 rings (SSSR count). The molecule has 114 valence electrons.